The number of halogens is 1. The van der Waals surface area contributed by atoms with Crippen LogP contribution in [0.3, 0.4) is 0 Å². The summed E-state index contributed by atoms with van der Waals surface area (Å²) in [4.78, 5) is 12.7. The highest BCUT2D eigenvalue weighted by atomic mass is 19.1. The van der Waals surface area contributed by atoms with Crippen molar-refractivity contribution < 1.29 is 14.3 Å². The average molecular weight is 288 g/mol. The van der Waals surface area contributed by atoms with Gasteiger partial charge >= 0.3 is 5.97 Å². The highest BCUT2D eigenvalue weighted by Crippen LogP contribution is 2.28. The van der Waals surface area contributed by atoms with Crippen LogP contribution in [-0.2, 0) is 11.3 Å². The summed E-state index contributed by atoms with van der Waals surface area (Å²) in [5.74, 6) is -1.54. The third kappa shape index (κ3) is 4.69. The van der Waals surface area contributed by atoms with Gasteiger partial charge in [0, 0.05) is 37.2 Å². The van der Waals surface area contributed by atoms with Gasteiger partial charge in [-0.1, -0.05) is 6.07 Å². The predicted octanol–water partition coefficient (Wildman–Crippen LogP) is 2.80. The largest absolute Gasteiger partial charge is 0.478 e. The van der Waals surface area contributed by atoms with E-state index in [2.05, 4.69) is 11.0 Å². The second-order valence-electron chi connectivity index (χ2n) is 5.14. The van der Waals surface area contributed by atoms with Crippen LogP contribution in [-0.4, -0.2) is 28.6 Å². The topological polar surface area (TPSA) is 64.3 Å². The highest BCUT2D eigenvalue weighted by Gasteiger charge is 2.28. The van der Waals surface area contributed by atoms with Gasteiger partial charge in [0.05, 0.1) is 6.07 Å². The van der Waals surface area contributed by atoms with Gasteiger partial charge in [0.25, 0.3) is 0 Å². The Balaban J connectivity index is 2.10. The van der Waals surface area contributed by atoms with Gasteiger partial charge in [0.15, 0.2) is 0 Å². The number of carboxylic acid groups (broad SMARTS) is 1. The third-order valence-corrected chi connectivity index (χ3v) is 3.43. The fraction of sp³-hybridized carbons (Fsp3) is 0.375. The van der Waals surface area contributed by atoms with Crippen molar-refractivity contribution in [2.24, 2.45) is 0 Å². The second kappa shape index (κ2) is 7.00. The van der Waals surface area contributed by atoms with Gasteiger partial charge in [0.2, 0.25) is 0 Å². The van der Waals surface area contributed by atoms with Crippen LogP contribution < -0.4 is 0 Å². The molecule has 1 aromatic carbocycles. The molecule has 1 aliphatic carbocycles. The van der Waals surface area contributed by atoms with Crippen LogP contribution >= 0.6 is 0 Å². The van der Waals surface area contributed by atoms with E-state index >= 15 is 0 Å². The molecule has 110 valence electrons. The summed E-state index contributed by atoms with van der Waals surface area (Å²) in [5, 5.41) is 17.3. The van der Waals surface area contributed by atoms with Crippen molar-refractivity contribution in [3.63, 3.8) is 0 Å². The Hall–Kier alpha value is -2.19. The Morgan fingerprint density at radius 2 is 2.29 bits per heavy atom. The van der Waals surface area contributed by atoms with Crippen LogP contribution in [0.5, 0.6) is 0 Å². The fourth-order valence-corrected chi connectivity index (χ4v) is 2.24. The van der Waals surface area contributed by atoms with Crippen LogP contribution in [0.15, 0.2) is 24.3 Å². The summed E-state index contributed by atoms with van der Waals surface area (Å²) < 4.78 is 13.6. The molecule has 0 aromatic heterocycles. The highest BCUT2D eigenvalue weighted by molar-refractivity contribution is 5.85. The molecule has 0 heterocycles. The molecule has 0 amide bonds. The Bertz CT molecular complexity index is 588. The molecule has 4 nitrogen and oxygen atoms in total. The van der Waals surface area contributed by atoms with E-state index in [-0.39, 0.29) is 5.56 Å². The monoisotopic (exact) mass is 288 g/mol. The van der Waals surface area contributed by atoms with Crippen LogP contribution in [0, 0.1) is 17.1 Å². The number of nitriles is 1. The number of benzene rings is 1. The number of nitrogens with zero attached hydrogens (tertiary/aromatic N) is 2. The Labute approximate surface area is 123 Å². The van der Waals surface area contributed by atoms with E-state index in [9.17, 15) is 9.18 Å². The summed E-state index contributed by atoms with van der Waals surface area (Å²) in [7, 11) is 0. The summed E-state index contributed by atoms with van der Waals surface area (Å²) in [6.07, 6.45) is 4.94. The average Bonchev–Trinajstić information content (AvgIpc) is 3.28. The molecular formula is C16H17FN2O2. The Kier molecular flexibility index (Phi) is 5.07. The van der Waals surface area contributed by atoms with Crippen LogP contribution in [0.2, 0.25) is 0 Å². The molecule has 1 saturated carbocycles. The quantitative estimate of drug-likeness (QED) is 0.784. The van der Waals surface area contributed by atoms with E-state index < -0.39 is 11.8 Å². The van der Waals surface area contributed by atoms with Crippen molar-refractivity contribution in [3.8, 4) is 6.07 Å². The maximum absolute atomic E-state index is 13.6. The summed E-state index contributed by atoms with van der Waals surface area (Å²) in [6, 6.07) is 7.38. The SMILES string of the molecule is N#CCCN(Cc1ccc(F)c(C=CC(=O)O)c1)C1CC1. The lowest BCUT2D eigenvalue weighted by molar-refractivity contribution is -0.131. The molecule has 1 aliphatic rings. The lowest BCUT2D eigenvalue weighted by Crippen LogP contribution is -2.26. The molecule has 21 heavy (non-hydrogen) atoms. The lowest BCUT2D eigenvalue weighted by atomic mass is 10.1. The molecule has 0 saturated heterocycles. The maximum atomic E-state index is 13.6. The molecule has 1 fully saturated rings. The first-order valence-corrected chi connectivity index (χ1v) is 6.90. The molecule has 0 unspecified atom stereocenters. The standard InChI is InChI=1S/C16H17FN2O2/c17-15-6-2-12(10-13(15)3-7-16(20)21)11-19(9-1-8-18)14-4-5-14/h2-3,6-7,10,14H,1,4-5,9,11H2,(H,20,21). The zero-order valence-corrected chi connectivity index (χ0v) is 11.6. The molecule has 0 aliphatic heterocycles. The Morgan fingerprint density at radius 3 is 2.90 bits per heavy atom. The van der Waals surface area contributed by atoms with E-state index in [0.29, 0.717) is 25.6 Å². The minimum atomic E-state index is -1.10. The predicted molar refractivity (Wildman–Crippen MR) is 76.7 cm³/mol. The maximum Gasteiger partial charge on any atom is 0.328 e. The lowest BCUT2D eigenvalue weighted by Gasteiger charge is -2.21. The number of hydrogen-bond acceptors (Lipinski definition) is 3. The van der Waals surface area contributed by atoms with Crippen molar-refractivity contribution in [2.45, 2.75) is 31.8 Å². The summed E-state index contributed by atoms with van der Waals surface area (Å²) >= 11 is 0. The van der Waals surface area contributed by atoms with Crippen LogP contribution in [0.1, 0.15) is 30.4 Å². The van der Waals surface area contributed by atoms with Crippen molar-refractivity contribution in [1.82, 2.24) is 4.90 Å². The molecule has 0 radical (unpaired) electrons. The Morgan fingerprint density at radius 1 is 1.52 bits per heavy atom. The molecule has 0 spiro atoms. The van der Waals surface area contributed by atoms with Gasteiger partial charge in [-0.15, -0.1) is 0 Å². The fourth-order valence-electron chi connectivity index (χ4n) is 2.24. The van der Waals surface area contributed by atoms with Crippen LogP contribution in [0.25, 0.3) is 6.08 Å². The minimum Gasteiger partial charge on any atom is -0.478 e. The number of rotatable bonds is 7. The summed E-state index contributed by atoms with van der Waals surface area (Å²) in [5.41, 5.74) is 1.19. The first-order chi connectivity index (χ1) is 10.1. The second-order valence-corrected chi connectivity index (χ2v) is 5.14. The summed E-state index contributed by atoms with van der Waals surface area (Å²) in [6.45, 7) is 1.36. The third-order valence-electron chi connectivity index (χ3n) is 3.43. The van der Waals surface area contributed by atoms with E-state index in [4.69, 9.17) is 10.4 Å². The van der Waals surface area contributed by atoms with Gasteiger partial charge in [-0.2, -0.15) is 5.26 Å². The van der Waals surface area contributed by atoms with Gasteiger partial charge < -0.3 is 5.11 Å². The van der Waals surface area contributed by atoms with Crippen molar-refractivity contribution in [1.29, 1.82) is 5.26 Å². The van der Waals surface area contributed by atoms with E-state index in [1.54, 1.807) is 12.1 Å². The molecule has 2 rings (SSSR count). The zero-order valence-electron chi connectivity index (χ0n) is 11.6. The van der Waals surface area contributed by atoms with Gasteiger partial charge in [-0.05, 0) is 36.6 Å². The van der Waals surface area contributed by atoms with Crippen LogP contribution in [0.4, 0.5) is 4.39 Å². The number of hydrogen-bond donors (Lipinski definition) is 1. The van der Waals surface area contributed by atoms with E-state index in [1.165, 1.54) is 12.1 Å². The molecule has 0 atom stereocenters. The zero-order chi connectivity index (χ0) is 15.2. The van der Waals surface area contributed by atoms with Gasteiger partial charge in [-0.25, -0.2) is 9.18 Å². The molecular weight excluding hydrogens is 271 g/mol. The normalized spacial score (nSPS) is 14.5. The van der Waals surface area contributed by atoms with Crippen molar-refractivity contribution in [3.05, 3.63) is 41.2 Å². The molecule has 1 N–H and O–H groups in total. The molecule has 1 aromatic rings. The van der Waals surface area contributed by atoms with Crippen molar-refractivity contribution >= 4 is 12.0 Å². The smallest absolute Gasteiger partial charge is 0.328 e. The van der Waals surface area contributed by atoms with Gasteiger partial charge in [-0.3, -0.25) is 4.90 Å². The number of carboxylic acids is 1. The van der Waals surface area contributed by atoms with Crippen molar-refractivity contribution in [2.75, 3.05) is 6.54 Å². The van der Waals surface area contributed by atoms with Gasteiger partial charge in [0.1, 0.15) is 5.82 Å². The minimum absolute atomic E-state index is 0.269. The number of carbonyl (C=O) groups is 1. The van der Waals surface area contributed by atoms with E-state index in [1.807, 2.05) is 0 Å². The molecule has 5 heteroatoms. The molecule has 0 bridgehead atoms. The number of aliphatic carboxylic acids is 1. The van der Waals surface area contributed by atoms with E-state index in [0.717, 1.165) is 24.5 Å². The first-order valence-electron chi connectivity index (χ1n) is 6.90. The first kappa shape index (κ1) is 15.2.